The van der Waals surface area contributed by atoms with Gasteiger partial charge in [-0.25, -0.2) is 4.79 Å². The summed E-state index contributed by atoms with van der Waals surface area (Å²) in [7, 11) is 0. The van der Waals surface area contributed by atoms with Crippen molar-refractivity contribution in [1.29, 1.82) is 0 Å². The molecule has 0 saturated heterocycles. The smallest absolute Gasteiger partial charge is 0.330 e. The molecule has 0 saturated carbocycles. The van der Waals surface area contributed by atoms with Crippen LogP contribution in [0.5, 0.6) is 0 Å². The molecule has 0 N–H and O–H groups in total. The fraction of sp³-hybridized carbons (Fsp3) is 0.688. The van der Waals surface area contributed by atoms with Crippen LogP contribution in [0.2, 0.25) is 0 Å². The predicted molar refractivity (Wildman–Crippen MR) is 77.5 cm³/mol. The molecule has 0 heterocycles. The number of ether oxygens (including phenoxy) is 1. The van der Waals surface area contributed by atoms with Crippen LogP contribution in [0.25, 0.3) is 0 Å². The number of carbonyl (C=O) groups is 1. The van der Waals surface area contributed by atoms with Crippen LogP contribution in [0.15, 0.2) is 24.8 Å². The second kappa shape index (κ2) is 14.0. The summed E-state index contributed by atoms with van der Waals surface area (Å²) in [6, 6.07) is 0. The number of allylic oxidation sites excluding steroid dienone is 2. The Morgan fingerprint density at radius 3 is 2.28 bits per heavy atom. The molecule has 0 amide bonds. The largest absolute Gasteiger partial charge is 0.463 e. The molecule has 0 aliphatic rings. The Morgan fingerprint density at radius 1 is 1.00 bits per heavy atom. The molecule has 0 aliphatic heterocycles. The molecular formula is C16H28O2. The average molecular weight is 252 g/mol. The molecule has 0 bridgehead atoms. The standard InChI is InChI=1S/C16H28O2/c1-3-5-6-7-8-9-10-11-12-13-14-15-18-16(17)4-2/h4,7-8H,2-3,5-6,9-15H2,1H3/b8-7+. The summed E-state index contributed by atoms with van der Waals surface area (Å²) in [5, 5.41) is 0. The number of carbonyl (C=O) groups excluding carboxylic acids is 1. The number of hydrogen-bond acceptors (Lipinski definition) is 2. The first-order valence-corrected chi connectivity index (χ1v) is 7.25. The second-order valence-corrected chi connectivity index (χ2v) is 4.54. The van der Waals surface area contributed by atoms with Gasteiger partial charge in [0.15, 0.2) is 0 Å². The predicted octanol–water partition coefficient (Wildman–Crippen LogP) is 4.80. The highest BCUT2D eigenvalue weighted by atomic mass is 16.5. The molecule has 0 rings (SSSR count). The van der Waals surface area contributed by atoms with Gasteiger partial charge in [-0.1, -0.05) is 57.8 Å². The summed E-state index contributed by atoms with van der Waals surface area (Å²) in [5.41, 5.74) is 0. The minimum Gasteiger partial charge on any atom is -0.463 e. The van der Waals surface area contributed by atoms with E-state index in [1.165, 1.54) is 51.0 Å². The first-order valence-electron chi connectivity index (χ1n) is 7.25. The van der Waals surface area contributed by atoms with Crippen molar-refractivity contribution < 1.29 is 9.53 Å². The molecule has 2 heteroatoms. The zero-order chi connectivity index (χ0) is 13.5. The first-order chi connectivity index (χ1) is 8.81. The third-order valence-electron chi connectivity index (χ3n) is 2.82. The van der Waals surface area contributed by atoms with Gasteiger partial charge in [0, 0.05) is 6.08 Å². The van der Waals surface area contributed by atoms with Crippen LogP contribution in [0.4, 0.5) is 0 Å². The molecule has 104 valence electrons. The number of hydrogen-bond donors (Lipinski definition) is 0. The lowest BCUT2D eigenvalue weighted by Gasteiger charge is -2.01. The first kappa shape index (κ1) is 16.9. The highest BCUT2D eigenvalue weighted by molar-refractivity contribution is 5.81. The van der Waals surface area contributed by atoms with Gasteiger partial charge in [0.1, 0.15) is 0 Å². The molecule has 0 aliphatic carbocycles. The molecular weight excluding hydrogens is 224 g/mol. The van der Waals surface area contributed by atoms with E-state index in [1.807, 2.05) is 0 Å². The van der Waals surface area contributed by atoms with Gasteiger partial charge >= 0.3 is 5.97 Å². The molecule has 2 nitrogen and oxygen atoms in total. The van der Waals surface area contributed by atoms with E-state index in [2.05, 4.69) is 25.7 Å². The number of unbranched alkanes of at least 4 members (excludes halogenated alkanes) is 7. The lowest BCUT2D eigenvalue weighted by atomic mass is 10.1. The Kier molecular flexibility index (Phi) is 13.2. The van der Waals surface area contributed by atoms with Gasteiger partial charge in [0.2, 0.25) is 0 Å². The zero-order valence-electron chi connectivity index (χ0n) is 11.8. The highest BCUT2D eigenvalue weighted by Gasteiger charge is 1.95. The van der Waals surface area contributed by atoms with Gasteiger partial charge in [-0.3, -0.25) is 0 Å². The molecule has 0 aromatic rings. The fourth-order valence-corrected chi connectivity index (χ4v) is 1.68. The Labute approximate surface area is 112 Å². The van der Waals surface area contributed by atoms with Crippen molar-refractivity contribution in [2.24, 2.45) is 0 Å². The molecule has 0 aromatic heterocycles. The molecule has 0 fully saturated rings. The lowest BCUT2D eigenvalue weighted by molar-refractivity contribution is -0.137. The molecule has 0 aromatic carbocycles. The van der Waals surface area contributed by atoms with Crippen molar-refractivity contribution in [3.8, 4) is 0 Å². The van der Waals surface area contributed by atoms with Crippen molar-refractivity contribution in [3.63, 3.8) is 0 Å². The van der Waals surface area contributed by atoms with Crippen LogP contribution in [-0.4, -0.2) is 12.6 Å². The SMILES string of the molecule is C=CC(=O)OCCCCCCC/C=C/CCCC. The van der Waals surface area contributed by atoms with Gasteiger partial charge in [-0.2, -0.15) is 0 Å². The Balaban J connectivity index is 3.09. The molecule has 0 spiro atoms. The maximum absolute atomic E-state index is 10.7. The average Bonchev–Trinajstić information content (AvgIpc) is 2.39. The van der Waals surface area contributed by atoms with Crippen LogP contribution in [0, 0.1) is 0 Å². The minimum absolute atomic E-state index is 0.313. The van der Waals surface area contributed by atoms with Crippen molar-refractivity contribution in [2.45, 2.75) is 64.7 Å². The quantitative estimate of drug-likeness (QED) is 0.216. The zero-order valence-corrected chi connectivity index (χ0v) is 11.8. The molecule has 0 atom stereocenters. The fourth-order valence-electron chi connectivity index (χ4n) is 1.68. The number of rotatable bonds is 12. The summed E-state index contributed by atoms with van der Waals surface area (Å²) in [6.45, 7) is 6.11. The summed E-state index contributed by atoms with van der Waals surface area (Å²) in [4.78, 5) is 10.7. The van der Waals surface area contributed by atoms with Crippen LogP contribution in [-0.2, 0) is 9.53 Å². The van der Waals surface area contributed by atoms with E-state index in [4.69, 9.17) is 4.74 Å². The van der Waals surface area contributed by atoms with Crippen molar-refractivity contribution in [1.82, 2.24) is 0 Å². The van der Waals surface area contributed by atoms with Gasteiger partial charge < -0.3 is 4.74 Å². The Bertz CT molecular complexity index is 231. The lowest BCUT2D eigenvalue weighted by Crippen LogP contribution is -2.01. The maximum Gasteiger partial charge on any atom is 0.330 e. The van der Waals surface area contributed by atoms with Crippen molar-refractivity contribution in [2.75, 3.05) is 6.61 Å². The second-order valence-electron chi connectivity index (χ2n) is 4.54. The maximum atomic E-state index is 10.7. The minimum atomic E-state index is -0.313. The van der Waals surface area contributed by atoms with E-state index in [9.17, 15) is 4.79 Å². The molecule has 0 radical (unpaired) electrons. The van der Waals surface area contributed by atoms with E-state index >= 15 is 0 Å². The molecule has 0 unspecified atom stereocenters. The van der Waals surface area contributed by atoms with Crippen LogP contribution < -0.4 is 0 Å². The third-order valence-corrected chi connectivity index (χ3v) is 2.82. The van der Waals surface area contributed by atoms with E-state index in [-0.39, 0.29) is 5.97 Å². The van der Waals surface area contributed by atoms with Gasteiger partial charge in [-0.05, 0) is 25.7 Å². The van der Waals surface area contributed by atoms with Crippen LogP contribution in [0.1, 0.15) is 64.7 Å². The van der Waals surface area contributed by atoms with E-state index in [0.717, 1.165) is 12.8 Å². The highest BCUT2D eigenvalue weighted by Crippen LogP contribution is 2.06. The van der Waals surface area contributed by atoms with E-state index in [1.54, 1.807) is 0 Å². The Morgan fingerprint density at radius 2 is 1.61 bits per heavy atom. The van der Waals surface area contributed by atoms with Crippen LogP contribution >= 0.6 is 0 Å². The van der Waals surface area contributed by atoms with Crippen LogP contribution in [0.3, 0.4) is 0 Å². The summed E-state index contributed by atoms with van der Waals surface area (Å²) >= 11 is 0. The summed E-state index contributed by atoms with van der Waals surface area (Å²) in [5.74, 6) is -0.313. The normalized spacial score (nSPS) is 10.7. The number of esters is 1. The summed E-state index contributed by atoms with van der Waals surface area (Å²) < 4.78 is 4.91. The van der Waals surface area contributed by atoms with Gasteiger partial charge in [0.25, 0.3) is 0 Å². The Hall–Kier alpha value is -1.05. The third kappa shape index (κ3) is 13.0. The van der Waals surface area contributed by atoms with E-state index < -0.39 is 0 Å². The molecule has 18 heavy (non-hydrogen) atoms. The van der Waals surface area contributed by atoms with Gasteiger partial charge in [-0.15, -0.1) is 0 Å². The van der Waals surface area contributed by atoms with Crippen molar-refractivity contribution in [3.05, 3.63) is 24.8 Å². The monoisotopic (exact) mass is 252 g/mol. The van der Waals surface area contributed by atoms with Crippen molar-refractivity contribution >= 4 is 5.97 Å². The topological polar surface area (TPSA) is 26.3 Å². The summed E-state index contributed by atoms with van der Waals surface area (Å²) in [6.07, 6.45) is 16.7. The van der Waals surface area contributed by atoms with E-state index in [0.29, 0.717) is 6.61 Å². The van der Waals surface area contributed by atoms with Gasteiger partial charge in [0.05, 0.1) is 6.61 Å².